The standard InChI is InChI=1S/C18H19ClN2O2S/c1-18(2,3)17(23)21-14-6-5-12(19)10-13(14)16(22)11-7-8-20-15(9-11)24-4/h5-10H,1-4H3,(H,21,23). The van der Waals surface area contributed by atoms with Crippen LogP contribution in [-0.4, -0.2) is 22.9 Å². The van der Waals surface area contributed by atoms with Gasteiger partial charge in [0.2, 0.25) is 5.91 Å². The molecule has 1 N–H and O–H groups in total. The smallest absolute Gasteiger partial charge is 0.229 e. The predicted molar refractivity (Wildman–Crippen MR) is 99.0 cm³/mol. The molecule has 0 saturated carbocycles. The summed E-state index contributed by atoms with van der Waals surface area (Å²) in [5, 5.41) is 4.01. The van der Waals surface area contributed by atoms with E-state index in [1.807, 2.05) is 27.0 Å². The number of aromatic nitrogens is 1. The molecule has 6 heteroatoms. The van der Waals surface area contributed by atoms with Crippen LogP contribution in [0.4, 0.5) is 5.69 Å². The first kappa shape index (κ1) is 18.5. The minimum atomic E-state index is -0.567. The highest BCUT2D eigenvalue weighted by atomic mass is 35.5. The molecule has 1 heterocycles. The highest BCUT2D eigenvalue weighted by Crippen LogP contribution is 2.26. The third kappa shape index (κ3) is 4.36. The second-order valence-electron chi connectivity index (χ2n) is 6.31. The van der Waals surface area contributed by atoms with Gasteiger partial charge in [-0.05, 0) is 36.6 Å². The molecule has 0 fully saturated rings. The summed E-state index contributed by atoms with van der Waals surface area (Å²) in [6.07, 6.45) is 3.49. The third-order valence-electron chi connectivity index (χ3n) is 3.36. The van der Waals surface area contributed by atoms with Crippen LogP contribution in [0.15, 0.2) is 41.6 Å². The van der Waals surface area contributed by atoms with Gasteiger partial charge in [0.05, 0.1) is 10.7 Å². The van der Waals surface area contributed by atoms with Crippen molar-refractivity contribution in [2.24, 2.45) is 5.41 Å². The van der Waals surface area contributed by atoms with Crippen molar-refractivity contribution in [2.45, 2.75) is 25.8 Å². The van der Waals surface area contributed by atoms with Crippen molar-refractivity contribution in [2.75, 3.05) is 11.6 Å². The van der Waals surface area contributed by atoms with Gasteiger partial charge >= 0.3 is 0 Å². The van der Waals surface area contributed by atoms with Crippen LogP contribution in [0.5, 0.6) is 0 Å². The molecule has 0 unspecified atom stereocenters. The fourth-order valence-electron chi connectivity index (χ4n) is 1.94. The van der Waals surface area contributed by atoms with E-state index >= 15 is 0 Å². The first-order valence-corrected chi connectivity index (χ1v) is 8.98. The zero-order chi connectivity index (χ0) is 17.9. The molecule has 0 aliphatic carbocycles. The van der Waals surface area contributed by atoms with Crippen molar-refractivity contribution in [3.63, 3.8) is 0 Å². The number of amides is 1. The minimum absolute atomic E-state index is 0.168. The topological polar surface area (TPSA) is 59.1 Å². The summed E-state index contributed by atoms with van der Waals surface area (Å²) in [5.41, 5.74) is 0.746. The molecule has 0 spiro atoms. The maximum absolute atomic E-state index is 12.9. The quantitative estimate of drug-likeness (QED) is 0.634. The molecule has 0 saturated heterocycles. The SMILES string of the molecule is CSc1cc(C(=O)c2cc(Cl)ccc2NC(=O)C(C)(C)C)ccn1. The first-order chi connectivity index (χ1) is 11.2. The lowest BCUT2D eigenvalue weighted by Crippen LogP contribution is -2.28. The Bertz CT molecular complexity index is 785. The number of anilines is 1. The van der Waals surface area contributed by atoms with Gasteiger partial charge in [0.25, 0.3) is 0 Å². The number of benzene rings is 1. The molecule has 4 nitrogen and oxygen atoms in total. The second kappa shape index (κ2) is 7.36. The van der Waals surface area contributed by atoms with E-state index in [4.69, 9.17) is 11.6 Å². The van der Waals surface area contributed by atoms with Gasteiger partial charge in [0.15, 0.2) is 5.78 Å². The fourth-order valence-corrected chi connectivity index (χ4v) is 2.52. The molecule has 2 aromatic rings. The maximum Gasteiger partial charge on any atom is 0.229 e. The van der Waals surface area contributed by atoms with Crippen LogP contribution in [-0.2, 0) is 4.79 Å². The number of nitrogens with zero attached hydrogens (tertiary/aromatic N) is 1. The van der Waals surface area contributed by atoms with Gasteiger partial charge in [-0.1, -0.05) is 32.4 Å². The van der Waals surface area contributed by atoms with Gasteiger partial charge in [-0.2, -0.15) is 0 Å². The Morgan fingerprint density at radius 2 is 1.88 bits per heavy atom. The average Bonchev–Trinajstić information content (AvgIpc) is 2.55. The molecular formula is C18H19ClN2O2S. The summed E-state index contributed by atoms with van der Waals surface area (Å²) in [6, 6.07) is 8.25. The lowest BCUT2D eigenvalue weighted by molar-refractivity contribution is -0.123. The second-order valence-corrected chi connectivity index (χ2v) is 7.57. The van der Waals surface area contributed by atoms with Crippen molar-refractivity contribution >= 4 is 40.7 Å². The molecule has 24 heavy (non-hydrogen) atoms. The number of nitrogens with one attached hydrogen (secondary N) is 1. The van der Waals surface area contributed by atoms with Crippen LogP contribution in [0, 0.1) is 5.41 Å². The summed E-state index contributed by atoms with van der Waals surface area (Å²) in [7, 11) is 0. The monoisotopic (exact) mass is 362 g/mol. The Balaban J connectivity index is 2.43. The zero-order valence-corrected chi connectivity index (χ0v) is 15.6. The highest BCUT2D eigenvalue weighted by molar-refractivity contribution is 7.98. The van der Waals surface area contributed by atoms with Crippen LogP contribution in [0.1, 0.15) is 36.7 Å². The number of pyridine rings is 1. The normalized spacial score (nSPS) is 11.2. The number of hydrogen-bond acceptors (Lipinski definition) is 4. The predicted octanol–water partition coefficient (Wildman–Crippen LogP) is 4.67. The molecule has 1 aromatic heterocycles. The van der Waals surface area contributed by atoms with Gasteiger partial charge < -0.3 is 5.32 Å². The van der Waals surface area contributed by atoms with Crippen molar-refractivity contribution in [3.8, 4) is 0 Å². The molecule has 126 valence electrons. The molecule has 1 aromatic carbocycles. The van der Waals surface area contributed by atoms with E-state index < -0.39 is 5.41 Å². The number of halogens is 1. The molecule has 1 amide bonds. The van der Waals surface area contributed by atoms with Gasteiger partial charge in [0.1, 0.15) is 0 Å². The van der Waals surface area contributed by atoms with Crippen LogP contribution < -0.4 is 5.32 Å². The number of thioether (sulfide) groups is 1. The molecular weight excluding hydrogens is 344 g/mol. The summed E-state index contributed by atoms with van der Waals surface area (Å²) >= 11 is 7.51. The van der Waals surface area contributed by atoms with Crippen LogP contribution in [0.3, 0.4) is 0 Å². The summed E-state index contributed by atoms with van der Waals surface area (Å²) in [4.78, 5) is 29.3. The third-order valence-corrected chi connectivity index (χ3v) is 4.24. The van der Waals surface area contributed by atoms with Crippen LogP contribution >= 0.6 is 23.4 Å². The van der Waals surface area contributed by atoms with Crippen molar-refractivity contribution in [1.29, 1.82) is 0 Å². The highest BCUT2D eigenvalue weighted by Gasteiger charge is 2.23. The number of rotatable bonds is 4. The van der Waals surface area contributed by atoms with E-state index in [0.29, 0.717) is 21.8 Å². The van der Waals surface area contributed by atoms with E-state index in [0.717, 1.165) is 5.03 Å². The van der Waals surface area contributed by atoms with Gasteiger partial charge in [-0.25, -0.2) is 4.98 Å². The maximum atomic E-state index is 12.9. The number of ketones is 1. The Hall–Kier alpha value is -1.85. The van der Waals surface area contributed by atoms with Crippen molar-refractivity contribution < 1.29 is 9.59 Å². The number of carbonyl (C=O) groups is 2. The minimum Gasteiger partial charge on any atom is -0.325 e. The fraction of sp³-hybridized carbons (Fsp3) is 0.278. The molecule has 2 rings (SSSR count). The molecule has 0 radical (unpaired) electrons. The van der Waals surface area contributed by atoms with E-state index in [-0.39, 0.29) is 11.7 Å². The Kier molecular flexibility index (Phi) is 5.67. The number of carbonyl (C=O) groups excluding carboxylic acids is 2. The van der Waals surface area contributed by atoms with Crippen molar-refractivity contribution in [3.05, 3.63) is 52.7 Å². The Morgan fingerprint density at radius 3 is 2.50 bits per heavy atom. The van der Waals surface area contributed by atoms with E-state index in [9.17, 15) is 9.59 Å². The summed E-state index contributed by atoms with van der Waals surface area (Å²) in [5.74, 6) is -0.377. The van der Waals surface area contributed by atoms with E-state index in [1.165, 1.54) is 11.8 Å². The first-order valence-electron chi connectivity index (χ1n) is 7.38. The zero-order valence-electron chi connectivity index (χ0n) is 14.0. The molecule has 0 atom stereocenters. The largest absolute Gasteiger partial charge is 0.325 e. The lowest BCUT2D eigenvalue weighted by Gasteiger charge is -2.19. The van der Waals surface area contributed by atoms with Crippen molar-refractivity contribution in [1.82, 2.24) is 4.98 Å². The van der Waals surface area contributed by atoms with Crippen LogP contribution in [0.2, 0.25) is 5.02 Å². The summed E-state index contributed by atoms with van der Waals surface area (Å²) < 4.78 is 0. The lowest BCUT2D eigenvalue weighted by atomic mass is 9.95. The average molecular weight is 363 g/mol. The molecule has 0 bridgehead atoms. The van der Waals surface area contributed by atoms with Gasteiger partial charge in [-0.15, -0.1) is 11.8 Å². The Morgan fingerprint density at radius 1 is 1.17 bits per heavy atom. The Labute approximate surface area is 151 Å². The van der Waals surface area contributed by atoms with Gasteiger partial charge in [0, 0.05) is 27.8 Å². The van der Waals surface area contributed by atoms with E-state index in [2.05, 4.69) is 10.3 Å². The summed E-state index contributed by atoms with van der Waals surface area (Å²) in [6.45, 7) is 5.44. The molecule has 0 aliphatic heterocycles. The molecule has 0 aliphatic rings. The van der Waals surface area contributed by atoms with E-state index in [1.54, 1.807) is 36.5 Å². The number of hydrogen-bond donors (Lipinski definition) is 1. The van der Waals surface area contributed by atoms with Gasteiger partial charge in [-0.3, -0.25) is 9.59 Å². The van der Waals surface area contributed by atoms with Crippen LogP contribution in [0.25, 0.3) is 0 Å².